The quantitative estimate of drug-likeness (QED) is 0.697. The fourth-order valence-corrected chi connectivity index (χ4v) is 3.80. The van der Waals surface area contributed by atoms with E-state index in [1.807, 2.05) is 18.2 Å². The van der Waals surface area contributed by atoms with Crippen molar-refractivity contribution in [1.82, 2.24) is 9.88 Å². The molecule has 0 atom stereocenters. The third-order valence-corrected chi connectivity index (χ3v) is 5.03. The SMILES string of the molecule is COc1ccc(-c2cccc3cc4n(c23)CCNCC4)c(C=CC(=O)O)c1. The molecular formula is C22H22N2O3. The zero-order chi connectivity index (χ0) is 18.8. The van der Waals surface area contributed by atoms with Crippen LogP contribution in [0.3, 0.4) is 0 Å². The van der Waals surface area contributed by atoms with Gasteiger partial charge in [0.25, 0.3) is 0 Å². The predicted molar refractivity (Wildman–Crippen MR) is 107 cm³/mol. The first-order chi connectivity index (χ1) is 13.2. The van der Waals surface area contributed by atoms with E-state index in [1.54, 1.807) is 13.2 Å². The van der Waals surface area contributed by atoms with E-state index < -0.39 is 5.97 Å². The van der Waals surface area contributed by atoms with Crippen LogP contribution in [0.5, 0.6) is 5.75 Å². The van der Waals surface area contributed by atoms with Gasteiger partial charge in [0, 0.05) is 48.8 Å². The number of ether oxygens (including phenoxy) is 1. The van der Waals surface area contributed by atoms with Gasteiger partial charge in [-0.3, -0.25) is 0 Å². The zero-order valence-corrected chi connectivity index (χ0v) is 15.2. The molecule has 5 nitrogen and oxygen atoms in total. The molecule has 0 radical (unpaired) electrons. The number of hydrogen-bond donors (Lipinski definition) is 2. The number of fused-ring (bicyclic) bond motifs is 3. The van der Waals surface area contributed by atoms with Crippen LogP contribution in [0.4, 0.5) is 0 Å². The number of carbonyl (C=O) groups is 1. The third kappa shape index (κ3) is 3.34. The molecule has 2 aromatic carbocycles. The minimum atomic E-state index is -0.968. The second kappa shape index (κ2) is 7.29. The molecule has 3 aromatic rings. The standard InChI is InChI=1S/C22H22N2O3/c1-27-18-6-7-19(15(14-18)5-8-21(25)26)20-4-2-3-16-13-17-9-10-23-11-12-24(17)22(16)20/h2-8,13-14,23H,9-12H2,1H3,(H,25,26). The van der Waals surface area contributed by atoms with Crippen molar-refractivity contribution in [3.8, 4) is 16.9 Å². The Morgan fingerprint density at radius 3 is 2.89 bits per heavy atom. The maximum absolute atomic E-state index is 11.0. The van der Waals surface area contributed by atoms with E-state index in [0.29, 0.717) is 5.75 Å². The highest BCUT2D eigenvalue weighted by atomic mass is 16.5. The molecule has 2 N–H and O–H groups in total. The maximum Gasteiger partial charge on any atom is 0.328 e. The van der Waals surface area contributed by atoms with E-state index in [-0.39, 0.29) is 0 Å². The van der Waals surface area contributed by atoms with Crippen molar-refractivity contribution < 1.29 is 14.6 Å². The summed E-state index contributed by atoms with van der Waals surface area (Å²) < 4.78 is 7.73. The predicted octanol–water partition coefficient (Wildman–Crippen LogP) is 3.56. The Kier molecular flexibility index (Phi) is 4.69. The van der Waals surface area contributed by atoms with Gasteiger partial charge in [-0.25, -0.2) is 4.79 Å². The zero-order valence-electron chi connectivity index (χ0n) is 15.2. The van der Waals surface area contributed by atoms with Crippen LogP contribution in [0.25, 0.3) is 28.1 Å². The van der Waals surface area contributed by atoms with Crippen molar-refractivity contribution in [2.75, 3.05) is 20.2 Å². The second-order valence-electron chi connectivity index (χ2n) is 6.66. The van der Waals surface area contributed by atoms with Crippen molar-refractivity contribution in [1.29, 1.82) is 0 Å². The minimum absolute atomic E-state index is 0.703. The molecule has 0 fully saturated rings. The highest BCUT2D eigenvalue weighted by Gasteiger charge is 2.16. The summed E-state index contributed by atoms with van der Waals surface area (Å²) in [4.78, 5) is 11.0. The number of rotatable bonds is 4. The summed E-state index contributed by atoms with van der Waals surface area (Å²) in [7, 11) is 1.61. The Hall–Kier alpha value is -3.05. The molecule has 4 rings (SSSR count). The molecule has 0 unspecified atom stereocenters. The summed E-state index contributed by atoms with van der Waals surface area (Å²) in [5.41, 5.74) is 5.46. The second-order valence-corrected chi connectivity index (χ2v) is 6.66. The number of nitrogens with one attached hydrogen (secondary N) is 1. The molecular weight excluding hydrogens is 340 g/mol. The summed E-state index contributed by atoms with van der Waals surface area (Å²) in [6, 6.07) is 14.4. The van der Waals surface area contributed by atoms with Crippen LogP contribution >= 0.6 is 0 Å². The summed E-state index contributed by atoms with van der Waals surface area (Å²) in [6.07, 6.45) is 3.80. The maximum atomic E-state index is 11.0. The van der Waals surface area contributed by atoms with Crippen LogP contribution in [0.15, 0.2) is 48.5 Å². The van der Waals surface area contributed by atoms with Crippen LogP contribution in [-0.4, -0.2) is 35.8 Å². The molecule has 27 heavy (non-hydrogen) atoms. The number of hydrogen-bond acceptors (Lipinski definition) is 3. The lowest BCUT2D eigenvalue weighted by Gasteiger charge is -2.14. The normalized spacial score (nSPS) is 14.3. The number of para-hydroxylation sites is 1. The first-order valence-corrected chi connectivity index (χ1v) is 9.08. The van der Waals surface area contributed by atoms with Gasteiger partial charge in [0.1, 0.15) is 5.75 Å². The van der Waals surface area contributed by atoms with Gasteiger partial charge < -0.3 is 19.7 Å². The fourth-order valence-electron chi connectivity index (χ4n) is 3.80. The number of aromatic nitrogens is 1. The molecule has 5 heteroatoms. The molecule has 1 aliphatic rings. The average molecular weight is 362 g/mol. The summed E-state index contributed by atoms with van der Waals surface area (Å²) in [5, 5.41) is 13.7. The van der Waals surface area contributed by atoms with E-state index >= 15 is 0 Å². The summed E-state index contributed by atoms with van der Waals surface area (Å²) >= 11 is 0. The number of nitrogens with zero attached hydrogens (tertiary/aromatic N) is 1. The van der Waals surface area contributed by atoms with E-state index in [2.05, 4.69) is 34.1 Å². The Morgan fingerprint density at radius 1 is 1.19 bits per heavy atom. The smallest absolute Gasteiger partial charge is 0.328 e. The van der Waals surface area contributed by atoms with Crippen LogP contribution in [0.1, 0.15) is 11.3 Å². The van der Waals surface area contributed by atoms with Gasteiger partial charge in [-0.05, 0) is 35.4 Å². The van der Waals surface area contributed by atoms with E-state index in [1.165, 1.54) is 22.7 Å². The van der Waals surface area contributed by atoms with E-state index in [4.69, 9.17) is 9.84 Å². The first-order valence-electron chi connectivity index (χ1n) is 9.08. The van der Waals surface area contributed by atoms with Crippen molar-refractivity contribution in [3.05, 3.63) is 59.8 Å². The van der Waals surface area contributed by atoms with E-state index in [0.717, 1.165) is 42.7 Å². The number of carboxylic acid groups (broad SMARTS) is 1. The third-order valence-electron chi connectivity index (χ3n) is 5.03. The Morgan fingerprint density at radius 2 is 2.07 bits per heavy atom. The van der Waals surface area contributed by atoms with Crippen molar-refractivity contribution >= 4 is 22.9 Å². The monoisotopic (exact) mass is 362 g/mol. The van der Waals surface area contributed by atoms with Gasteiger partial charge >= 0.3 is 5.97 Å². The lowest BCUT2D eigenvalue weighted by atomic mass is 9.97. The summed E-state index contributed by atoms with van der Waals surface area (Å²) in [5.74, 6) is -0.265. The van der Waals surface area contributed by atoms with Crippen LogP contribution in [0, 0.1) is 0 Å². The molecule has 1 aromatic heterocycles. The summed E-state index contributed by atoms with van der Waals surface area (Å²) in [6.45, 7) is 2.85. The largest absolute Gasteiger partial charge is 0.497 e. The first kappa shape index (κ1) is 17.4. The van der Waals surface area contributed by atoms with Gasteiger partial charge in [0.2, 0.25) is 0 Å². The van der Waals surface area contributed by atoms with Gasteiger partial charge in [0.15, 0.2) is 0 Å². The number of aliphatic carboxylic acids is 1. The fraction of sp³-hybridized carbons (Fsp3) is 0.227. The molecule has 1 aliphatic heterocycles. The number of carboxylic acids is 1. The molecule has 0 bridgehead atoms. The Bertz CT molecular complexity index is 1030. The molecule has 138 valence electrons. The van der Waals surface area contributed by atoms with Gasteiger partial charge in [-0.2, -0.15) is 0 Å². The molecule has 0 saturated carbocycles. The average Bonchev–Trinajstić information content (AvgIpc) is 2.87. The van der Waals surface area contributed by atoms with Gasteiger partial charge in [0.05, 0.1) is 12.6 Å². The van der Waals surface area contributed by atoms with Crippen LogP contribution in [0.2, 0.25) is 0 Å². The highest BCUT2D eigenvalue weighted by Crippen LogP contribution is 2.35. The van der Waals surface area contributed by atoms with Crippen molar-refractivity contribution in [2.45, 2.75) is 13.0 Å². The molecule has 0 saturated heterocycles. The Balaban J connectivity index is 1.94. The van der Waals surface area contributed by atoms with Gasteiger partial charge in [-0.15, -0.1) is 0 Å². The minimum Gasteiger partial charge on any atom is -0.497 e. The lowest BCUT2D eigenvalue weighted by Crippen LogP contribution is -2.17. The van der Waals surface area contributed by atoms with Crippen molar-refractivity contribution in [2.24, 2.45) is 0 Å². The molecule has 0 aliphatic carbocycles. The van der Waals surface area contributed by atoms with E-state index in [9.17, 15) is 4.79 Å². The van der Waals surface area contributed by atoms with Crippen molar-refractivity contribution in [3.63, 3.8) is 0 Å². The number of benzene rings is 2. The van der Waals surface area contributed by atoms with Crippen LogP contribution < -0.4 is 10.1 Å². The highest BCUT2D eigenvalue weighted by molar-refractivity contribution is 5.98. The number of methoxy groups -OCH3 is 1. The Labute approximate surface area is 157 Å². The van der Waals surface area contributed by atoms with Crippen LogP contribution in [-0.2, 0) is 17.8 Å². The molecule has 0 amide bonds. The molecule has 0 spiro atoms. The topological polar surface area (TPSA) is 63.5 Å². The lowest BCUT2D eigenvalue weighted by molar-refractivity contribution is -0.131. The van der Waals surface area contributed by atoms with Gasteiger partial charge in [-0.1, -0.05) is 24.3 Å². The molecule has 2 heterocycles.